The van der Waals surface area contributed by atoms with Gasteiger partial charge in [0.1, 0.15) is 5.82 Å². The molecule has 2 heterocycles. The molecule has 0 fully saturated rings. The Kier molecular flexibility index (Phi) is 4.14. The summed E-state index contributed by atoms with van der Waals surface area (Å²) in [5.74, 6) is -1.32. The zero-order valence-electron chi connectivity index (χ0n) is 15.3. The number of hydrogen-bond donors (Lipinski definition) is 0. The van der Waals surface area contributed by atoms with E-state index in [-0.39, 0.29) is 29.4 Å². The van der Waals surface area contributed by atoms with E-state index in [1.165, 1.54) is 11.6 Å². The minimum absolute atomic E-state index is 0.0274. The number of alkyl halides is 2. The maximum Gasteiger partial charge on any atom is 0.483 e. The Labute approximate surface area is 159 Å². The number of aromatic nitrogens is 2. The van der Waals surface area contributed by atoms with E-state index in [1.54, 1.807) is 42.5 Å². The fraction of sp³-hybridized carbons (Fsp3) is 0.250. The van der Waals surface area contributed by atoms with E-state index in [0.717, 1.165) is 4.90 Å². The molecule has 0 N–H and O–H groups in total. The highest BCUT2D eigenvalue weighted by Gasteiger charge is 2.51. The molecule has 0 unspecified atom stereocenters. The Hall–Kier alpha value is -3.29. The van der Waals surface area contributed by atoms with E-state index in [9.17, 15) is 18.4 Å². The Bertz CT molecular complexity index is 1160. The molecule has 1 aliphatic heterocycles. The van der Waals surface area contributed by atoms with Gasteiger partial charge in [-0.1, -0.05) is 31.2 Å². The lowest BCUT2D eigenvalue weighted by atomic mass is 10.1. The van der Waals surface area contributed by atoms with E-state index in [2.05, 4.69) is 4.98 Å². The highest BCUT2D eigenvalue weighted by atomic mass is 19.3. The maximum atomic E-state index is 14.3. The molecular formula is C20H17F2N3O3. The predicted octanol–water partition coefficient (Wildman–Crippen LogP) is 3.01. The standard InChI is InChI=1S/C20H17F2N3O3/c1-3-12-7-6-10-15-17(12)28-20(21,22)19(27)25(15)11-16-23-14-9-5-4-8-13(14)18(26)24(16)2/h4-10H,3,11H2,1-2H3. The van der Waals surface area contributed by atoms with E-state index in [1.807, 2.05) is 6.92 Å². The second-order valence-corrected chi connectivity index (χ2v) is 6.54. The molecule has 0 bridgehead atoms. The second-order valence-electron chi connectivity index (χ2n) is 6.54. The lowest BCUT2D eigenvalue weighted by Crippen LogP contribution is -2.51. The number of para-hydroxylation sites is 2. The first-order chi connectivity index (χ1) is 13.3. The third kappa shape index (κ3) is 2.72. The van der Waals surface area contributed by atoms with Crippen molar-refractivity contribution in [2.75, 3.05) is 4.90 Å². The smallest absolute Gasteiger partial charge is 0.423 e. The normalized spacial score (nSPS) is 15.4. The number of halogens is 2. The monoisotopic (exact) mass is 385 g/mol. The molecular weight excluding hydrogens is 368 g/mol. The zero-order chi connectivity index (χ0) is 20.1. The minimum Gasteiger partial charge on any atom is -0.423 e. The lowest BCUT2D eigenvalue weighted by molar-refractivity contribution is -0.193. The summed E-state index contributed by atoms with van der Waals surface area (Å²) in [5, 5.41) is 0.418. The van der Waals surface area contributed by atoms with Crippen molar-refractivity contribution in [3.05, 3.63) is 64.2 Å². The van der Waals surface area contributed by atoms with Crippen LogP contribution in [-0.2, 0) is 24.8 Å². The van der Waals surface area contributed by atoms with Crippen molar-refractivity contribution in [2.45, 2.75) is 26.0 Å². The summed E-state index contributed by atoms with van der Waals surface area (Å²) < 4.78 is 34.6. The lowest BCUT2D eigenvalue weighted by Gasteiger charge is -2.34. The van der Waals surface area contributed by atoms with Crippen LogP contribution in [0.5, 0.6) is 5.75 Å². The van der Waals surface area contributed by atoms with Crippen molar-refractivity contribution in [3.63, 3.8) is 0 Å². The number of benzene rings is 2. The van der Waals surface area contributed by atoms with Crippen molar-refractivity contribution >= 4 is 22.5 Å². The van der Waals surface area contributed by atoms with Gasteiger partial charge in [-0.3, -0.25) is 19.1 Å². The van der Waals surface area contributed by atoms with Crippen LogP contribution >= 0.6 is 0 Å². The predicted molar refractivity (Wildman–Crippen MR) is 99.6 cm³/mol. The largest absolute Gasteiger partial charge is 0.483 e. The molecule has 0 saturated heterocycles. The first kappa shape index (κ1) is 18.1. The summed E-state index contributed by atoms with van der Waals surface area (Å²) in [6, 6.07) is 11.7. The number of hydrogen-bond acceptors (Lipinski definition) is 4. The summed E-state index contributed by atoms with van der Waals surface area (Å²) >= 11 is 0. The van der Waals surface area contributed by atoms with Crippen LogP contribution in [0.4, 0.5) is 14.5 Å². The fourth-order valence-electron chi connectivity index (χ4n) is 3.32. The topological polar surface area (TPSA) is 64.4 Å². The van der Waals surface area contributed by atoms with Gasteiger partial charge in [0.25, 0.3) is 5.56 Å². The Morgan fingerprint density at radius 3 is 2.61 bits per heavy atom. The molecule has 1 aromatic heterocycles. The molecule has 0 aliphatic carbocycles. The molecule has 3 aromatic rings. The summed E-state index contributed by atoms with van der Waals surface area (Å²) in [7, 11) is 1.50. The van der Waals surface area contributed by atoms with Crippen LogP contribution in [0.25, 0.3) is 10.9 Å². The molecule has 28 heavy (non-hydrogen) atoms. The van der Waals surface area contributed by atoms with Crippen LogP contribution < -0.4 is 15.2 Å². The molecule has 1 aliphatic rings. The third-order valence-corrected chi connectivity index (χ3v) is 4.85. The molecule has 144 valence electrons. The van der Waals surface area contributed by atoms with Crippen molar-refractivity contribution in [1.82, 2.24) is 9.55 Å². The molecule has 1 amide bonds. The fourth-order valence-corrected chi connectivity index (χ4v) is 3.32. The van der Waals surface area contributed by atoms with Crippen LogP contribution in [0, 0.1) is 0 Å². The summed E-state index contributed by atoms with van der Waals surface area (Å²) in [6.45, 7) is 1.53. The SMILES string of the molecule is CCc1cccc2c1OC(F)(F)C(=O)N2Cc1nc2ccccc2c(=O)n1C. The van der Waals surface area contributed by atoms with Crippen molar-refractivity contribution in [1.29, 1.82) is 0 Å². The van der Waals surface area contributed by atoms with Crippen molar-refractivity contribution < 1.29 is 18.3 Å². The zero-order valence-corrected chi connectivity index (χ0v) is 15.3. The van der Waals surface area contributed by atoms with Gasteiger partial charge in [-0.2, -0.15) is 8.78 Å². The Morgan fingerprint density at radius 2 is 1.86 bits per heavy atom. The van der Waals surface area contributed by atoms with Gasteiger partial charge < -0.3 is 4.74 Å². The molecule has 4 rings (SSSR count). The van der Waals surface area contributed by atoms with Gasteiger partial charge in [-0.15, -0.1) is 0 Å². The average molecular weight is 385 g/mol. The third-order valence-electron chi connectivity index (χ3n) is 4.85. The number of carbonyl (C=O) groups excluding carboxylic acids is 1. The first-order valence-electron chi connectivity index (χ1n) is 8.79. The Morgan fingerprint density at radius 1 is 1.11 bits per heavy atom. The van der Waals surface area contributed by atoms with Gasteiger partial charge in [0, 0.05) is 7.05 Å². The quantitative estimate of drug-likeness (QED) is 0.695. The minimum atomic E-state index is -3.99. The van der Waals surface area contributed by atoms with Gasteiger partial charge in [0.2, 0.25) is 0 Å². The van der Waals surface area contributed by atoms with E-state index >= 15 is 0 Å². The van der Waals surface area contributed by atoms with Gasteiger partial charge in [-0.25, -0.2) is 4.98 Å². The number of ether oxygens (including phenoxy) is 1. The number of carbonyl (C=O) groups is 1. The van der Waals surface area contributed by atoms with Crippen LogP contribution in [0.2, 0.25) is 0 Å². The number of fused-ring (bicyclic) bond motifs is 2. The summed E-state index contributed by atoms with van der Waals surface area (Å²) in [4.78, 5) is 30.3. The highest BCUT2D eigenvalue weighted by Crippen LogP contribution is 2.42. The van der Waals surface area contributed by atoms with Gasteiger partial charge >= 0.3 is 12.0 Å². The molecule has 0 radical (unpaired) electrons. The number of anilines is 1. The second kappa shape index (κ2) is 6.40. The molecule has 6 nitrogen and oxygen atoms in total. The maximum absolute atomic E-state index is 14.3. The van der Waals surface area contributed by atoms with Crippen LogP contribution in [0.3, 0.4) is 0 Å². The van der Waals surface area contributed by atoms with Crippen molar-refractivity contribution in [3.8, 4) is 5.75 Å². The van der Waals surface area contributed by atoms with Gasteiger partial charge in [0.15, 0.2) is 5.75 Å². The van der Waals surface area contributed by atoms with E-state index in [4.69, 9.17) is 4.74 Å². The number of amides is 1. The molecule has 2 aromatic carbocycles. The van der Waals surface area contributed by atoms with Crippen LogP contribution in [0.1, 0.15) is 18.3 Å². The van der Waals surface area contributed by atoms with Crippen LogP contribution in [-0.4, -0.2) is 21.6 Å². The summed E-state index contributed by atoms with van der Waals surface area (Å²) in [6.07, 6.45) is -3.53. The number of aryl methyl sites for hydroxylation is 1. The molecule has 8 heteroatoms. The number of nitrogens with zero attached hydrogens (tertiary/aromatic N) is 3. The van der Waals surface area contributed by atoms with Gasteiger partial charge in [-0.05, 0) is 30.2 Å². The van der Waals surface area contributed by atoms with E-state index in [0.29, 0.717) is 22.9 Å². The summed E-state index contributed by atoms with van der Waals surface area (Å²) in [5.41, 5.74) is 0.930. The number of rotatable bonds is 3. The average Bonchev–Trinajstić information content (AvgIpc) is 2.68. The van der Waals surface area contributed by atoms with Gasteiger partial charge in [0.05, 0.1) is 23.1 Å². The Balaban J connectivity index is 1.86. The molecule has 0 spiro atoms. The van der Waals surface area contributed by atoms with Crippen molar-refractivity contribution in [2.24, 2.45) is 7.05 Å². The van der Waals surface area contributed by atoms with E-state index < -0.39 is 12.0 Å². The molecule has 0 saturated carbocycles. The first-order valence-corrected chi connectivity index (χ1v) is 8.79. The highest BCUT2D eigenvalue weighted by molar-refractivity contribution is 6.01. The molecule has 0 atom stereocenters. The van der Waals surface area contributed by atoms with Crippen LogP contribution in [0.15, 0.2) is 47.3 Å².